The van der Waals surface area contributed by atoms with Gasteiger partial charge in [0.15, 0.2) is 0 Å². The highest BCUT2D eigenvalue weighted by molar-refractivity contribution is 5.82. The third-order valence-electron chi connectivity index (χ3n) is 1.00. The molecule has 9 nitrogen and oxygen atoms in total. The number of hydrogen-bond donors (Lipinski definition) is 4. The van der Waals surface area contributed by atoms with Gasteiger partial charge in [-0.25, -0.2) is 9.59 Å². The summed E-state index contributed by atoms with van der Waals surface area (Å²) in [5.41, 5.74) is 0. The van der Waals surface area contributed by atoms with Crippen LogP contribution in [-0.4, -0.2) is 56.5 Å². The summed E-state index contributed by atoms with van der Waals surface area (Å²) >= 11 is 0. The highest BCUT2D eigenvalue weighted by Gasteiger charge is 2.02. The molecule has 0 aromatic heterocycles. The molecule has 0 rings (SSSR count). The second-order valence-electron chi connectivity index (χ2n) is 3.11. The lowest BCUT2D eigenvalue weighted by Crippen LogP contribution is -2.13. The van der Waals surface area contributed by atoms with Crippen LogP contribution in [0.2, 0.25) is 0 Å². The van der Waals surface area contributed by atoms with Gasteiger partial charge in [-0.15, -0.1) is 0 Å². The van der Waals surface area contributed by atoms with E-state index in [1.807, 2.05) is 0 Å². The van der Waals surface area contributed by atoms with Crippen LogP contribution in [-0.2, 0) is 23.9 Å². The molecule has 4 N–H and O–H groups in total. The normalized spacial score (nSPS) is 11.5. The van der Waals surface area contributed by atoms with E-state index >= 15 is 0 Å². The van der Waals surface area contributed by atoms with Gasteiger partial charge in [0.05, 0.1) is 0 Å². The van der Waals surface area contributed by atoms with E-state index in [1.54, 1.807) is 0 Å². The Morgan fingerprint density at radius 3 is 0.947 bits per heavy atom. The molecule has 0 radical (unpaired) electrons. The Balaban J connectivity index is -0.000000203. The SMILES string of the molecule is CC(=O)OC(C)=O.CC(O)C(=O)O.CC(O)C(=O)O. The molecule has 0 aliphatic carbocycles. The van der Waals surface area contributed by atoms with E-state index in [0.717, 1.165) is 0 Å². The number of esters is 2. The zero-order valence-corrected chi connectivity index (χ0v) is 11.0. The predicted octanol–water partition coefficient (Wildman–Crippen LogP) is -1.00. The monoisotopic (exact) mass is 282 g/mol. The highest BCUT2D eigenvalue weighted by Crippen LogP contribution is 1.74. The van der Waals surface area contributed by atoms with Crippen LogP contribution >= 0.6 is 0 Å². The summed E-state index contributed by atoms with van der Waals surface area (Å²) in [5, 5.41) is 31.5. The Morgan fingerprint density at radius 1 is 0.789 bits per heavy atom. The molecule has 0 aromatic carbocycles. The van der Waals surface area contributed by atoms with E-state index in [1.165, 1.54) is 27.7 Å². The molecule has 0 saturated heterocycles. The summed E-state index contributed by atoms with van der Waals surface area (Å²) < 4.78 is 3.97. The van der Waals surface area contributed by atoms with Crippen molar-refractivity contribution in [2.45, 2.75) is 39.9 Å². The maximum absolute atomic E-state index is 9.81. The number of hydrogen-bond acceptors (Lipinski definition) is 7. The summed E-state index contributed by atoms with van der Waals surface area (Å²) in [6.07, 6.45) is -2.46. The molecule has 0 aliphatic rings. The zero-order chi connectivity index (χ0) is 16.2. The summed E-state index contributed by atoms with van der Waals surface area (Å²) in [6, 6.07) is 0. The van der Waals surface area contributed by atoms with Crippen molar-refractivity contribution in [2.75, 3.05) is 0 Å². The largest absolute Gasteiger partial charge is 0.479 e. The molecule has 9 heteroatoms. The van der Waals surface area contributed by atoms with Crippen LogP contribution in [0, 0.1) is 0 Å². The number of carbonyl (C=O) groups excluding carboxylic acids is 2. The number of aliphatic carboxylic acids is 2. The first-order valence-electron chi connectivity index (χ1n) is 4.92. The third-order valence-corrected chi connectivity index (χ3v) is 1.00. The second kappa shape index (κ2) is 12.5. The van der Waals surface area contributed by atoms with E-state index in [9.17, 15) is 19.2 Å². The first-order valence-corrected chi connectivity index (χ1v) is 4.92. The smallest absolute Gasteiger partial charge is 0.332 e. The minimum Gasteiger partial charge on any atom is -0.479 e. The molecular weight excluding hydrogens is 264 g/mol. The van der Waals surface area contributed by atoms with Crippen molar-refractivity contribution >= 4 is 23.9 Å². The minimum absolute atomic E-state index is 0.562. The van der Waals surface area contributed by atoms with Gasteiger partial charge < -0.3 is 25.2 Å². The number of aliphatic hydroxyl groups is 2. The number of ether oxygens (including phenoxy) is 1. The Morgan fingerprint density at radius 2 is 0.947 bits per heavy atom. The van der Waals surface area contributed by atoms with Crippen molar-refractivity contribution in [3.8, 4) is 0 Å². The lowest BCUT2D eigenvalue weighted by Gasteiger charge is -1.89. The van der Waals surface area contributed by atoms with E-state index in [4.69, 9.17) is 20.4 Å². The van der Waals surface area contributed by atoms with Crippen molar-refractivity contribution in [3.05, 3.63) is 0 Å². The van der Waals surface area contributed by atoms with Crippen molar-refractivity contribution in [1.82, 2.24) is 0 Å². The highest BCUT2D eigenvalue weighted by atomic mass is 16.6. The molecule has 0 aromatic rings. The van der Waals surface area contributed by atoms with Crippen molar-refractivity contribution in [2.24, 2.45) is 0 Å². The molecule has 0 saturated carbocycles. The van der Waals surface area contributed by atoms with Gasteiger partial charge in [-0.2, -0.15) is 0 Å². The molecule has 112 valence electrons. The standard InChI is InChI=1S/C4H6O3.2C3H6O3/c1-3(5)7-4(2)6;2*1-2(4)3(5)6/h1-2H3;2*2,4H,1H3,(H,5,6). The van der Waals surface area contributed by atoms with Gasteiger partial charge in [0.1, 0.15) is 12.2 Å². The average molecular weight is 282 g/mol. The summed E-state index contributed by atoms with van der Waals surface area (Å²) in [5.74, 6) is -3.50. The second-order valence-corrected chi connectivity index (χ2v) is 3.11. The number of carbonyl (C=O) groups is 4. The fourth-order valence-electron chi connectivity index (χ4n) is 0.202. The number of carboxylic acids is 2. The van der Waals surface area contributed by atoms with Crippen LogP contribution in [0.1, 0.15) is 27.7 Å². The molecule has 0 bridgehead atoms. The van der Waals surface area contributed by atoms with E-state index < -0.39 is 36.1 Å². The molecule has 0 aliphatic heterocycles. The van der Waals surface area contributed by atoms with Crippen LogP contribution in [0.5, 0.6) is 0 Å². The van der Waals surface area contributed by atoms with E-state index in [0.29, 0.717) is 0 Å². The van der Waals surface area contributed by atoms with Gasteiger partial charge in [0.2, 0.25) is 0 Å². The van der Waals surface area contributed by atoms with Gasteiger partial charge in [0, 0.05) is 13.8 Å². The Hall–Kier alpha value is -2.00. The predicted molar refractivity (Wildman–Crippen MR) is 61.1 cm³/mol. The number of carboxylic acid groups (broad SMARTS) is 2. The lowest BCUT2D eigenvalue weighted by atomic mass is 10.4. The van der Waals surface area contributed by atoms with Gasteiger partial charge in [-0.3, -0.25) is 9.59 Å². The lowest BCUT2D eigenvalue weighted by molar-refractivity contribution is -0.156. The van der Waals surface area contributed by atoms with Crippen molar-refractivity contribution in [1.29, 1.82) is 0 Å². The van der Waals surface area contributed by atoms with Crippen molar-refractivity contribution in [3.63, 3.8) is 0 Å². The number of aliphatic hydroxyl groups excluding tert-OH is 2. The Kier molecular flexibility index (Phi) is 14.6. The number of rotatable bonds is 2. The molecule has 0 heterocycles. The molecule has 2 unspecified atom stereocenters. The Bertz CT molecular complexity index is 276. The van der Waals surface area contributed by atoms with Crippen LogP contribution < -0.4 is 0 Å². The van der Waals surface area contributed by atoms with Gasteiger partial charge in [-0.1, -0.05) is 0 Å². The first-order chi connectivity index (χ1) is 8.41. The van der Waals surface area contributed by atoms with Gasteiger partial charge >= 0.3 is 23.9 Å². The summed E-state index contributed by atoms with van der Waals surface area (Å²) in [4.78, 5) is 38.5. The summed E-state index contributed by atoms with van der Waals surface area (Å²) in [7, 11) is 0. The van der Waals surface area contributed by atoms with Gasteiger partial charge in [0.25, 0.3) is 0 Å². The molecule has 0 amide bonds. The maximum Gasteiger partial charge on any atom is 0.332 e. The van der Waals surface area contributed by atoms with Crippen LogP contribution in [0.3, 0.4) is 0 Å². The first kappa shape index (κ1) is 22.2. The van der Waals surface area contributed by atoms with E-state index in [2.05, 4.69) is 4.74 Å². The minimum atomic E-state index is -1.23. The fourth-order valence-corrected chi connectivity index (χ4v) is 0.202. The topological polar surface area (TPSA) is 158 Å². The Labute approximate surface area is 109 Å². The van der Waals surface area contributed by atoms with Crippen LogP contribution in [0.15, 0.2) is 0 Å². The fraction of sp³-hybridized carbons (Fsp3) is 0.600. The average Bonchev–Trinajstić information content (AvgIpc) is 2.16. The zero-order valence-electron chi connectivity index (χ0n) is 11.0. The van der Waals surface area contributed by atoms with Crippen molar-refractivity contribution < 1.29 is 44.3 Å². The molecule has 2 atom stereocenters. The third kappa shape index (κ3) is 31.4. The molecule has 0 fully saturated rings. The van der Waals surface area contributed by atoms with Crippen LogP contribution in [0.25, 0.3) is 0 Å². The molecule has 0 spiro atoms. The van der Waals surface area contributed by atoms with E-state index in [-0.39, 0.29) is 0 Å². The molecular formula is C10H18O9. The van der Waals surface area contributed by atoms with Gasteiger partial charge in [-0.05, 0) is 13.8 Å². The maximum atomic E-state index is 9.81. The quantitative estimate of drug-likeness (QED) is 0.368. The van der Waals surface area contributed by atoms with Crippen LogP contribution in [0.4, 0.5) is 0 Å². The summed E-state index contributed by atoms with van der Waals surface area (Å²) in [6.45, 7) is 4.76. The molecule has 19 heavy (non-hydrogen) atoms.